The second kappa shape index (κ2) is 8.05. The molecular weight excluding hydrogens is 416 g/mol. The van der Waals surface area contributed by atoms with Crippen LogP contribution >= 0.6 is 0 Å². The van der Waals surface area contributed by atoms with Crippen LogP contribution in [0.15, 0.2) is 83.6 Å². The number of furan rings is 1. The van der Waals surface area contributed by atoms with Gasteiger partial charge in [-0.05, 0) is 49.2 Å². The first-order chi connectivity index (χ1) is 16.3. The Balaban J connectivity index is 1.34. The maximum absolute atomic E-state index is 13.7. The van der Waals surface area contributed by atoms with Crippen LogP contribution in [0, 0.1) is 0 Å². The molecule has 0 N–H and O–H groups in total. The Morgan fingerprint density at radius 3 is 2.73 bits per heavy atom. The first-order valence-corrected chi connectivity index (χ1v) is 11.1. The molecule has 5 heterocycles. The van der Waals surface area contributed by atoms with Gasteiger partial charge >= 0.3 is 0 Å². The molecule has 1 aliphatic rings. The summed E-state index contributed by atoms with van der Waals surface area (Å²) in [7, 11) is 0. The quantitative estimate of drug-likeness (QED) is 0.420. The van der Waals surface area contributed by atoms with Crippen LogP contribution in [0.5, 0.6) is 0 Å². The van der Waals surface area contributed by atoms with Crippen molar-refractivity contribution < 1.29 is 9.21 Å². The molecule has 0 radical (unpaired) electrons. The molecule has 1 aromatic carbocycles. The van der Waals surface area contributed by atoms with Crippen LogP contribution in [-0.4, -0.2) is 48.3 Å². The molecule has 0 aliphatic carbocycles. The lowest BCUT2D eigenvalue weighted by atomic mass is 9.97. The average Bonchev–Trinajstić information content (AvgIpc) is 3.63. The van der Waals surface area contributed by atoms with Crippen molar-refractivity contribution in [2.24, 2.45) is 0 Å². The van der Waals surface area contributed by atoms with Crippen molar-refractivity contribution in [3.63, 3.8) is 0 Å². The number of likely N-dealkylation sites (tertiary alicyclic amines) is 1. The second-order valence-electron chi connectivity index (χ2n) is 8.22. The Hall–Kier alpha value is -4.20. The minimum Gasteiger partial charge on any atom is -0.463 e. The molecule has 0 bridgehead atoms. The van der Waals surface area contributed by atoms with Gasteiger partial charge in [-0.1, -0.05) is 24.3 Å². The zero-order valence-corrected chi connectivity index (χ0v) is 17.9. The van der Waals surface area contributed by atoms with Crippen molar-refractivity contribution in [3.8, 4) is 17.1 Å². The van der Waals surface area contributed by atoms with Crippen molar-refractivity contribution in [3.05, 3.63) is 90.7 Å². The molecule has 0 spiro atoms. The first-order valence-electron chi connectivity index (χ1n) is 11.1. The van der Waals surface area contributed by atoms with Gasteiger partial charge in [0.05, 0.1) is 12.0 Å². The van der Waals surface area contributed by atoms with Crippen LogP contribution in [-0.2, 0) is 0 Å². The summed E-state index contributed by atoms with van der Waals surface area (Å²) in [5.74, 6) is 1.60. The molecule has 5 aromatic rings. The summed E-state index contributed by atoms with van der Waals surface area (Å²) >= 11 is 0. The second-order valence-corrected chi connectivity index (χ2v) is 8.22. The Bertz CT molecular complexity index is 1400. The van der Waals surface area contributed by atoms with E-state index in [0.717, 1.165) is 30.0 Å². The number of hydrogen-bond acceptors (Lipinski definition) is 5. The summed E-state index contributed by atoms with van der Waals surface area (Å²) in [6.45, 7) is 1.28. The van der Waals surface area contributed by atoms with E-state index in [1.807, 2.05) is 82.2 Å². The van der Waals surface area contributed by atoms with Gasteiger partial charge in [0.1, 0.15) is 17.2 Å². The summed E-state index contributed by atoms with van der Waals surface area (Å²) in [6.07, 6.45) is 5.46. The molecule has 1 unspecified atom stereocenters. The third-order valence-electron chi connectivity index (χ3n) is 6.12. The fourth-order valence-electron chi connectivity index (χ4n) is 4.52. The van der Waals surface area contributed by atoms with Crippen LogP contribution < -0.4 is 0 Å². The highest BCUT2D eigenvalue weighted by Crippen LogP contribution is 2.29. The zero-order chi connectivity index (χ0) is 22.2. The van der Waals surface area contributed by atoms with Gasteiger partial charge in [-0.2, -0.15) is 5.10 Å². The Morgan fingerprint density at radius 1 is 1.00 bits per heavy atom. The van der Waals surface area contributed by atoms with Crippen molar-refractivity contribution in [2.75, 3.05) is 13.1 Å². The molecule has 1 aliphatic heterocycles. The van der Waals surface area contributed by atoms with E-state index >= 15 is 0 Å². The molecular formula is C25H22N6O2. The van der Waals surface area contributed by atoms with E-state index in [-0.39, 0.29) is 11.8 Å². The highest BCUT2D eigenvalue weighted by Gasteiger charge is 2.30. The number of fused-ring (bicyclic) bond motifs is 1. The number of nitrogens with zero attached hydrogens (tertiary/aromatic N) is 6. The molecule has 164 valence electrons. The number of carbonyl (C=O) groups is 1. The summed E-state index contributed by atoms with van der Waals surface area (Å²) in [6, 6.07) is 21.0. The van der Waals surface area contributed by atoms with Crippen LogP contribution in [0.4, 0.5) is 0 Å². The summed E-state index contributed by atoms with van der Waals surface area (Å²) in [5, 5.41) is 13.4. The van der Waals surface area contributed by atoms with Gasteiger partial charge in [-0.15, -0.1) is 10.2 Å². The molecule has 1 atom stereocenters. The van der Waals surface area contributed by atoms with E-state index in [1.54, 1.807) is 10.9 Å². The highest BCUT2D eigenvalue weighted by atomic mass is 16.3. The molecule has 4 aromatic heterocycles. The van der Waals surface area contributed by atoms with Gasteiger partial charge in [-0.3, -0.25) is 9.20 Å². The van der Waals surface area contributed by atoms with Gasteiger partial charge in [0.25, 0.3) is 5.91 Å². The van der Waals surface area contributed by atoms with Crippen LogP contribution in [0.1, 0.15) is 35.1 Å². The third-order valence-corrected chi connectivity index (χ3v) is 6.12. The molecule has 0 saturated carbocycles. The topological polar surface area (TPSA) is 81.5 Å². The number of hydrogen-bond donors (Lipinski definition) is 0. The predicted molar refractivity (Wildman–Crippen MR) is 122 cm³/mol. The molecule has 8 heteroatoms. The lowest BCUT2D eigenvalue weighted by Gasteiger charge is -2.32. The number of para-hydroxylation sites is 1. The number of aromatic nitrogens is 5. The minimum atomic E-state index is -0.0531. The van der Waals surface area contributed by atoms with E-state index in [2.05, 4.69) is 10.2 Å². The number of amides is 1. The van der Waals surface area contributed by atoms with Crippen molar-refractivity contribution in [2.45, 2.75) is 18.8 Å². The molecule has 8 nitrogen and oxygen atoms in total. The zero-order valence-electron chi connectivity index (χ0n) is 17.9. The summed E-state index contributed by atoms with van der Waals surface area (Å²) < 4.78 is 9.26. The standard InChI is InChI=1S/C25H22N6O2/c32-25(29-13-6-8-18(17-29)24-27-26-23-12-4-5-14-30(23)24)21-16-20(22-11-7-15-33-22)28-31(21)19-9-2-1-3-10-19/h1-5,7,9-12,14-16,18H,6,8,13,17H2. The van der Waals surface area contributed by atoms with Crippen LogP contribution in [0.3, 0.4) is 0 Å². The lowest BCUT2D eigenvalue weighted by Crippen LogP contribution is -2.40. The summed E-state index contributed by atoms with van der Waals surface area (Å²) in [5.41, 5.74) is 2.79. The minimum absolute atomic E-state index is 0.0531. The Morgan fingerprint density at radius 2 is 1.88 bits per heavy atom. The monoisotopic (exact) mass is 438 g/mol. The highest BCUT2D eigenvalue weighted by molar-refractivity contribution is 5.94. The Labute approximate surface area is 190 Å². The predicted octanol–water partition coefficient (Wildman–Crippen LogP) is 4.19. The molecule has 1 saturated heterocycles. The van der Waals surface area contributed by atoms with Gasteiger partial charge in [0, 0.05) is 31.3 Å². The van der Waals surface area contributed by atoms with Gasteiger partial charge in [-0.25, -0.2) is 4.68 Å². The van der Waals surface area contributed by atoms with Crippen molar-refractivity contribution in [1.82, 2.24) is 29.3 Å². The molecule has 6 rings (SSSR count). The van der Waals surface area contributed by atoms with E-state index in [9.17, 15) is 4.79 Å². The maximum Gasteiger partial charge on any atom is 0.272 e. The van der Waals surface area contributed by atoms with Crippen LogP contribution in [0.2, 0.25) is 0 Å². The molecule has 33 heavy (non-hydrogen) atoms. The Kier molecular flexibility index (Phi) is 4.75. The van der Waals surface area contributed by atoms with E-state index in [4.69, 9.17) is 9.52 Å². The molecule has 1 fully saturated rings. The third kappa shape index (κ3) is 3.49. The van der Waals surface area contributed by atoms with Crippen LogP contribution in [0.25, 0.3) is 22.8 Å². The number of benzene rings is 1. The van der Waals surface area contributed by atoms with Crippen molar-refractivity contribution in [1.29, 1.82) is 0 Å². The number of rotatable bonds is 4. The lowest BCUT2D eigenvalue weighted by molar-refractivity contribution is 0.0695. The van der Waals surface area contributed by atoms with Gasteiger partial charge < -0.3 is 9.32 Å². The SMILES string of the molecule is O=C(c1cc(-c2ccco2)nn1-c1ccccc1)N1CCCC(c2nnc3ccccn23)C1. The summed E-state index contributed by atoms with van der Waals surface area (Å²) in [4.78, 5) is 15.7. The molecule has 1 amide bonds. The average molecular weight is 438 g/mol. The fourth-order valence-corrected chi connectivity index (χ4v) is 4.52. The van der Waals surface area contributed by atoms with E-state index in [0.29, 0.717) is 30.2 Å². The number of carbonyl (C=O) groups excluding carboxylic acids is 1. The first kappa shape index (κ1) is 19.5. The maximum atomic E-state index is 13.7. The van der Waals surface area contributed by atoms with E-state index in [1.165, 1.54) is 0 Å². The normalized spacial score (nSPS) is 16.4. The van der Waals surface area contributed by atoms with Gasteiger partial charge in [0.15, 0.2) is 11.4 Å². The van der Waals surface area contributed by atoms with Crippen molar-refractivity contribution >= 4 is 11.6 Å². The van der Waals surface area contributed by atoms with E-state index < -0.39 is 0 Å². The van der Waals surface area contributed by atoms with Gasteiger partial charge in [0.2, 0.25) is 0 Å². The smallest absolute Gasteiger partial charge is 0.272 e. The fraction of sp³-hybridized carbons (Fsp3) is 0.200. The number of pyridine rings is 1. The number of piperidine rings is 1. The largest absolute Gasteiger partial charge is 0.463 e.